The fraction of sp³-hybridized carbons (Fsp3) is 0.647. The first-order chi connectivity index (χ1) is 21.7. The largest absolute Gasteiger partial charge is 0.457 e. The molecule has 0 unspecified atom stereocenters. The van der Waals surface area contributed by atoms with Crippen LogP contribution in [-0.4, -0.2) is 106 Å². The topological polar surface area (TPSA) is 110 Å². The molecule has 0 spiro atoms. The molecule has 2 saturated heterocycles. The Morgan fingerprint density at radius 3 is 2.51 bits per heavy atom. The molecule has 1 aromatic carbocycles. The number of hydrogen-bond acceptors (Lipinski definition) is 9. The van der Waals surface area contributed by atoms with Crippen LogP contribution >= 0.6 is 0 Å². The number of alkyl carbamates (subject to hydrolysis) is 1. The van der Waals surface area contributed by atoms with Gasteiger partial charge in [-0.15, -0.1) is 0 Å². The molecule has 1 amide bonds. The molecule has 250 valence electrons. The highest BCUT2D eigenvalue weighted by molar-refractivity contribution is 5.71. The summed E-state index contributed by atoms with van der Waals surface area (Å²) < 4.78 is 37.2. The number of cyclic esters (lactones) is 1. The molecule has 3 aliphatic rings. The van der Waals surface area contributed by atoms with E-state index in [9.17, 15) is 19.1 Å². The fourth-order valence-electron chi connectivity index (χ4n) is 5.96. The van der Waals surface area contributed by atoms with Gasteiger partial charge in [0.15, 0.2) is 0 Å². The summed E-state index contributed by atoms with van der Waals surface area (Å²) in [6.07, 6.45) is 4.64. The third-order valence-electron chi connectivity index (χ3n) is 8.65. The van der Waals surface area contributed by atoms with Crippen LogP contribution < -0.4 is 10.2 Å². The number of esters is 1. The molecular weight excluding hydrogens is 581 g/mol. The van der Waals surface area contributed by atoms with Crippen LogP contribution in [0, 0.1) is 17.7 Å². The van der Waals surface area contributed by atoms with Crippen LogP contribution in [0.2, 0.25) is 0 Å². The first-order valence-corrected chi connectivity index (χ1v) is 16.3. The maximum absolute atomic E-state index is 14.7. The smallest absolute Gasteiger partial charge is 0.407 e. The highest BCUT2D eigenvalue weighted by Crippen LogP contribution is 2.27. The van der Waals surface area contributed by atoms with Crippen LogP contribution in [0.5, 0.6) is 0 Å². The summed E-state index contributed by atoms with van der Waals surface area (Å²) in [5.74, 6) is -1.22. The van der Waals surface area contributed by atoms with Crippen LogP contribution in [0.1, 0.15) is 52.0 Å². The van der Waals surface area contributed by atoms with Gasteiger partial charge in [-0.3, -0.25) is 9.69 Å². The van der Waals surface area contributed by atoms with Crippen molar-refractivity contribution >= 4 is 23.8 Å². The number of morpholine rings is 2. The zero-order valence-electron chi connectivity index (χ0n) is 26.9. The first kappa shape index (κ1) is 34.9. The molecule has 0 aromatic heterocycles. The van der Waals surface area contributed by atoms with Gasteiger partial charge in [0.1, 0.15) is 18.0 Å². The molecule has 2 N–H and O–H groups in total. The van der Waals surface area contributed by atoms with Crippen molar-refractivity contribution in [3.8, 4) is 0 Å². The molecule has 11 heteroatoms. The standard InChI is InChI=1S/C34H50FN3O7/c1-24-5-7-30(39)23-32(40)45-33(26(3)19-27-20-28(35)22-29(21-27)38-13-17-43-18-14-38)25(2)6-8-31(24)44-34(41)36-9-4-10-37-11-15-42-16-12-37/h6,8,19-22,24-25,30-31,33,39H,4-5,7,9-18,23H2,1-3H3,(H,36,41)/b8-6+,26-19+/t24-,25-,30+,31-,33-/m0/s1. The summed E-state index contributed by atoms with van der Waals surface area (Å²) in [6, 6.07) is 4.90. The van der Waals surface area contributed by atoms with Crippen LogP contribution in [0.25, 0.3) is 6.08 Å². The Morgan fingerprint density at radius 1 is 1.07 bits per heavy atom. The maximum Gasteiger partial charge on any atom is 0.407 e. The number of halogens is 1. The number of aliphatic hydroxyl groups is 1. The molecule has 3 heterocycles. The second kappa shape index (κ2) is 17.6. The van der Waals surface area contributed by atoms with Gasteiger partial charge in [-0.25, -0.2) is 9.18 Å². The van der Waals surface area contributed by atoms with Gasteiger partial charge < -0.3 is 34.3 Å². The number of anilines is 1. The quantitative estimate of drug-likeness (QED) is 0.248. The van der Waals surface area contributed by atoms with E-state index in [4.69, 9.17) is 18.9 Å². The number of amides is 1. The Morgan fingerprint density at radius 2 is 1.78 bits per heavy atom. The molecular formula is C34H50FN3O7. The Kier molecular flexibility index (Phi) is 13.7. The number of rotatable bonds is 8. The van der Waals surface area contributed by atoms with Crippen molar-refractivity contribution in [2.75, 3.05) is 70.6 Å². The lowest BCUT2D eigenvalue weighted by molar-refractivity contribution is -0.151. The van der Waals surface area contributed by atoms with Gasteiger partial charge in [0, 0.05) is 44.3 Å². The molecule has 0 aliphatic carbocycles. The zero-order chi connectivity index (χ0) is 32.2. The van der Waals surface area contributed by atoms with E-state index >= 15 is 0 Å². The number of hydrogen-bond donors (Lipinski definition) is 2. The van der Waals surface area contributed by atoms with Crippen LogP contribution in [0.3, 0.4) is 0 Å². The van der Waals surface area contributed by atoms with E-state index in [0.29, 0.717) is 51.3 Å². The Bertz CT molecular complexity index is 1170. The molecule has 1 aromatic rings. The number of carbonyl (C=O) groups excluding carboxylic acids is 2. The Hall–Kier alpha value is -2.99. The molecule has 3 aliphatic heterocycles. The number of carbonyl (C=O) groups is 2. The Labute approximate surface area is 266 Å². The SMILES string of the molecule is C/C(=C\c1cc(F)cc(N2CCOCC2)c1)[C@H]1OC(=O)C[C@H](O)CC[C@H](C)[C@@H](OC(=O)NCCCN2CCOCC2)/C=C/[C@@H]1C. The van der Waals surface area contributed by atoms with Crippen molar-refractivity contribution < 1.29 is 38.0 Å². The average molecular weight is 632 g/mol. The van der Waals surface area contributed by atoms with Crippen LogP contribution in [0.4, 0.5) is 14.9 Å². The number of ether oxygens (including phenoxy) is 4. The number of aliphatic hydroxyl groups excluding tert-OH is 1. The Balaban J connectivity index is 1.45. The zero-order valence-corrected chi connectivity index (χ0v) is 26.9. The number of benzene rings is 1. The van der Waals surface area contributed by atoms with Gasteiger partial charge in [-0.2, -0.15) is 0 Å². The predicted molar refractivity (Wildman–Crippen MR) is 170 cm³/mol. The van der Waals surface area contributed by atoms with Crippen LogP contribution in [0.15, 0.2) is 35.9 Å². The summed E-state index contributed by atoms with van der Waals surface area (Å²) in [7, 11) is 0. The van der Waals surface area contributed by atoms with Gasteiger partial charge in [-0.1, -0.05) is 26.0 Å². The average Bonchev–Trinajstić information content (AvgIpc) is 3.02. The first-order valence-electron chi connectivity index (χ1n) is 16.3. The van der Waals surface area contributed by atoms with E-state index in [0.717, 1.165) is 50.5 Å². The van der Waals surface area contributed by atoms with E-state index in [-0.39, 0.29) is 24.1 Å². The molecule has 0 saturated carbocycles. The van der Waals surface area contributed by atoms with Crippen molar-refractivity contribution in [2.45, 2.75) is 64.8 Å². The van der Waals surface area contributed by atoms with E-state index in [1.807, 2.05) is 45.1 Å². The molecule has 0 radical (unpaired) electrons. The molecule has 45 heavy (non-hydrogen) atoms. The molecule has 0 bridgehead atoms. The second-order valence-corrected chi connectivity index (χ2v) is 12.4. The van der Waals surface area contributed by atoms with E-state index < -0.39 is 30.4 Å². The lowest BCUT2D eigenvalue weighted by atomic mass is 9.91. The minimum absolute atomic E-state index is 0.0846. The maximum atomic E-state index is 14.7. The van der Waals surface area contributed by atoms with Gasteiger partial charge in [0.2, 0.25) is 0 Å². The summed E-state index contributed by atoms with van der Waals surface area (Å²) in [5, 5.41) is 13.5. The third-order valence-corrected chi connectivity index (χ3v) is 8.65. The summed E-state index contributed by atoms with van der Waals surface area (Å²) in [5.41, 5.74) is 2.17. The predicted octanol–water partition coefficient (Wildman–Crippen LogP) is 4.17. The third kappa shape index (κ3) is 11.4. The molecule has 2 fully saturated rings. The van der Waals surface area contributed by atoms with Crippen molar-refractivity contribution in [3.63, 3.8) is 0 Å². The monoisotopic (exact) mass is 631 g/mol. The minimum atomic E-state index is -0.877. The normalized spacial score (nSPS) is 28.4. The highest BCUT2D eigenvalue weighted by Gasteiger charge is 2.27. The van der Waals surface area contributed by atoms with Gasteiger partial charge in [0.25, 0.3) is 0 Å². The van der Waals surface area contributed by atoms with Gasteiger partial charge in [-0.05, 0) is 74.1 Å². The van der Waals surface area contributed by atoms with Gasteiger partial charge >= 0.3 is 12.1 Å². The summed E-state index contributed by atoms with van der Waals surface area (Å²) in [4.78, 5) is 30.0. The second-order valence-electron chi connectivity index (χ2n) is 12.4. The van der Waals surface area contributed by atoms with E-state index in [1.165, 1.54) is 12.1 Å². The van der Waals surface area contributed by atoms with Crippen molar-refractivity contribution in [3.05, 3.63) is 47.3 Å². The minimum Gasteiger partial charge on any atom is -0.457 e. The van der Waals surface area contributed by atoms with Crippen molar-refractivity contribution in [2.24, 2.45) is 11.8 Å². The lowest BCUT2D eigenvalue weighted by Gasteiger charge is -2.29. The summed E-state index contributed by atoms with van der Waals surface area (Å²) in [6.45, 7) is 13.0. The highest BCUT2D eigenvalue weighted by atomic mass is 19.1. The lowest BCUT2D eigenvalue weighted by Crippen LogP contribution is -2.38. The summed E-state index contributed by atoms with van der Waals surface area (Å²) >= 11 is 0. The van der Waals surface area contributed by atoms with Gasteiger partial charge in [0.05, 0.1) is 39.0 Å². The van der Waals surface area contributed by atoms with E-state index in [1.54, 1.807) is 0 Å². The molecule has 4 rings (SSSR count). The van der Waals surface area contributed by atoms with Crippen molar-refractivity contribution in [1.29, 1.82) is 0 Å². The molecule has 10 nitrogen and oxygen atoms in total. The number of nitrogens with zero attached hydrogens (tertiary/aromatic N) is 2. The van der Waals surface area contributed by atoms with Crippen LogP contribution in [-0.2, 0) is 23.7 Å². The molecule has 5 atom stereocenters. The van der Waals surface area contributed by atoms with Crippen molar-refractivity contribution in [1.82, 2.24) is 10.2 Å². The van der Waals surface area contributed by atoms with E-state index in [2.05, 4.69) is 15.1 Å². The number of nitrogens with one attached hydrogen (secondary N) is 1. The fourth-order valence-corrected chi connectivity index (χ4v) is 5.96.